The first kappa shape index (κ1) is 14.4. The van der Waals surface area contributed by atoms with Crippen molar-refractivity contribution in [3.05, 3.63) is 16.3 Å². The molecule has 0 saturated heterocycles. The Labute approximate surface area is 108 Å². The Bertz CT molecular complexity index is 304. The Morgan fingerprint density at radius 3 is 2.82 bits per heavy atom. The second-order valence-electron chi connectivity index (χ2n) is 3.93. The summed E-state index contributed by atoms with van der Waals surface area (Å²) in [5.74, 6) is 0.955. The summed E-state index contributed by atoms with van der Waals surface area (Å²) in [4.78, 5) is 3.63. The van der Waals surface area contributed by atoms with Gasteiger partial charge in [0.05, 0.1) is 13.7 Å². The average Bonchev–Trinajstić information content (AvgIpc) is 2.76. The van der Waals surface area contributed by atoms with Crippen LogP contribution in [0.5, 0.6) is 5.75 Å². The first-order valence-electron chi connectivity index (χ1n) is 5.76. The van der Waals surface area contributed by atoms with E-state index >= 15 is 0 Å². The molecule has 1 N–H and O–H groups in total. The highest BCUT2D eigenvalue weighted by Crippen LogP contribution is 2.21. The van der Waals surface area contributed by atoms with Crippen LogP contribution in [0.3, 0.4) is 0 Å². The lowest BCUT2D eigenvalue weighted by molar-refractivity contribution is 0.197. The third kappa shape index (κ3) is 6.02. The van der Waals surface area contributed by atoms with E-state index in [0.717, 1.165) is 38.5 Å². The highest BCUT2D eigenvalue weighted by Gasteiger charge is 2.03. The average molecular weight is 258 g/mol. The largest absolute Gasteiger partial charge is 0.496 e. The highest BCUT2D eigenvalue weighted by atomic mass is 32.1. The number of hydrogen-bond donors (Lipinski definition) is 1. The SMILES string of the molecule is COCCNCCN(C)Cc1cc(OC)cs1. The predicted octanol–water partition coefficient (Wildman–Crippen LogP) is 1.42. The number of ether oxygens (including phenoxy) is 2. The van der Waals surface area contributed by atoms with Gasteiger partial charge in [0.15, 0.2) is 0 Å². The zero-order valence-electron chi connectivity index (χ0n) is 10.9. The van der Waals surface area contributed by atoms with E-state index in [-0.39, 0.29) is 0 Å². The van der Waals surface area contributed by atoms with E-state index in [1.807, 2.05) is 5.38 Å². The van der Waals surface area contributed by atoms with Gasteiger partial charge in [-0.1, -0.05) is 0 Å². The smallest absolute Gasteiger partial charge is 0.129 e. The fourth-order valence-electron chi connectivity index (χ4n) is 1.46. The van der Waals surface area contributed by atoms with Crippen molar-refractivity contribution in [2.24, 2.45) is 0 Å². The van der Waals surface area contributed by atoms with Crippen molar-refractivity contribution in [3.8, 4) is 5.75 Å². The summed E-state index contributed by atoms with van der Waals surface area (Å²) in [5, 5.41) is 5.37. The van der Waals surface area contributed by atoms with Crippen LogP contribution in [0.25, 0.3) is 0 Å². The molecule has 1 aromatic heterocycles. The highest BCUT2D eigenvalue weighted by molar-refractivity contribution is 7.10. The van der Waals surface area contributed by atoms with Crippen LogP contribution in [-0.2, 0) is 11.3 Å². The topological polar surface area (TPSA) is 33.7 Å². The molecule has 0 aliphatic carbocycles. The van der Waals surface area contributed by atoms with Gasteiger partial charge in [0.2, 0.25) is 0 Å². The predicted molar refractivity (Wildman–Crippen MR) is 72.0 cm³/mol. The van der Waals surface area contributed by atoms with Gasteiger partial charge in [-0.2, -0.15) is 0 Å². The van der Waals surface area contributed by atoms with Gasteiger partial charge in [-0.3, -0.25) is 0 Å². The normalized spacial score (nSPS) is 11.1. The molecule has 1 rings (SSSR count). The van der Waals surface area contributed by atoms with Crippen molar-refractivity contribution in [1.82, 2.24) is 10.2 Å². The summed E-state index contributed by atoms with van der Waals surface area (Å²) in [7, 11) is 5.55. The van der Waals surface area contributed by atoms with Gasteiger partial charge in [0.25, 0.3) is 0 Å². The molecule has 0 unspecified atom stereocenters. The van der Waals surface area contributed by atoms with Crippen molar-refractivity contribution in [2.75, 3.05) is 47.5 Å². The molecule has 1 aromatic rings. The summed E-state index contributed by atoms with van der Waals surface area (Å²) < 4.78 is 10.1. The van der Waals surface area contributed by atoms with Crippen LogP contribution < -0.4 is 10.1 Å². The molecule has 4 nitrogen and oxygen atoms in total. The van der Waals surface area contributed by atoms with E-state index < -0.39 is 0 Å². The number of likely N-dealkylation sites (N-methyl/N-ethyl adjacent to an activating group) is 1. The van der Waals surface area contributed by atoms with E-state index in [0.29, 0.717) is 0 Å². The maximum absolute atomic E-state index is 5.17. The van der Waals surface area contributed by atoms with Gasteiger partial charge in [0, 0.05) is 43.5 Å². The minimum Gasteiger partial charge on any atom is -0.496 e. The molecule has 5 heteroatoms. The van der Waals surface area contributed by atoms with Gasteiger partial charge in [-0.05, 0) is 13.1 Å². The van der Waals surface area contributed by atoms with E-state index in [4.69, 9.17) is 9.47 Å². The van der Waals surface area contributed by atoms with Crippen LogP contribution in [0, 0.1) is 0 Å². The van der Waals surface area contributed by atoms with E-state index in [1.165, 1.54) is 4.88 Å². The Hall–Kier alpha value is -0.620. The number of nitrogens with zero attached hydrogens (tertiary/aromatic N) is 1. The molecule has 0 aliphatic heterocycles. The fraction of sp³-hybridized carbons (Fsp3) is 0.667. The minimum absolute atomic E-state index is 0.770. The van der Waals surface area contributed by atoms with Crippen molar-refractivity contribution >= 4 is 11.3 Å². The zero-order chi connectivity index (χ0) is 12.5. The van der Waals surface area contributed by atoms with Crippen molar-refractivity contribution in [3.63, 3.8) is 0 Å². The molecule has 17 heavy (non-hydrogen) atoms. The molecule has 0 aromatic carbocycles. The van der Waals surface area contributed by atoms with Crippen LogP contribution in [0.2, 0.25) is 0 Å². The number of methoxy groups -OCH3 is 2. The minimum atomic E-state index is 0.770. The molecular formula is C12H22N2O2S. The standard InChI is InChI=1S/C12H22N2O2S/c1-14(6-4-13-5-7-15-2)9-12-8-11(16-3)10-17-12/h8,10,13H,4-7,9H2,1-3H3. The Morgan fingerprint density at radius 1 is 1.35 bits per heavy atom. The quantitative estimate of drug-likeness (QED) is 0.679. The lowest BCUT2D eigenvalue weighted by Crippen LogP contribution is -2.30. The molecule has 0 fully saturated rings. The van der Waals surface area contributed by atoms with Gasteiger partial charge in [-0.25, -0.2) is 0 Å². The molecule has 0 aliphatic rings. The van der Waals surface area contributed by atoms with Gasteiger partial charge in [-0.15, -0.1) is 11.3 Å². The third-order valence-corrected chi connectivity index (χ3v) is 3.34. The molecule has 1 heterocycles. The Kier molecular flexibility index (Phi) is 7.19. The first-order valence-corrected chi connectivity index (χ1v) is 6.64. The number of hydrogen-bond acceptors (Lipinski definition) is 5. The summed E-state index contributed by atoms with van der Waals surface area (Å²) in [6.07, 6.45) is 0. The number of nitrogens with one attached hydrogen (secondary N) is 1. The molecule has 0 saturated carbocycles. The maximum atomic E-state index is 5.17. The summed E-state index contributed by atoms with van der Waals surface area (Å²) >= 11 is 1.74. The van der Waals surface area contributed by atoms with E-state index in [1.54, 1.807) is 25.6 Å². The second-order valence-corrected chi connectivity index (χ2v) is 4.93. The van der Waals surface area contributed by atoms with Crippen molar-refractivity contribution < 1.29 is 9.47 Å². The van der Waals surface area contributed by atoms with Gasteiger partial charge < -0.3 is 19.7 Å². The van der Waals surface area contributed by atoms with Gasteiger partial charge >= 0.3 is 0 Å². The van der Waals surface area contributed by atoms with E-state index in [9.17, 15) is 0 Å². The van der Waals surface area contributed by atoms with Crippen molar-refractivity contribution in [2.45, 2.75) is 6.54 Å². The number of thiophene rings is 1. The molecule has 0 atom stereocenters. The lowest BCUT2D eigenvalue weighted by atomic mass is 10.4. The Balaban J connectivity index is 2.13. The lowest BCUT2D eigenvalue weighted by Gasteiger charge is -2.15. The van der Waals surface area contributed by atoms with Crippen LogP contribution >= 0.6 is 11.3 Å². The third-order valence-electron chi connectivity index (χ3n) is 2.44. The van der Waals surface area contributed by atoms with E-state index in [2.05, 4.69) is 23.3 Å². The first-order chi connectivity index (χ1) is 8.26. The maximum Gasteiger partial charge on any atom is 0.129 e. The van der Waals surface area contributed by atoms with Crippen LogP contribution in [0.15, 0.2) is 11.4 Å². The fourth-order valence-corrected chi connectivity index (χ4v) is 2.38. The monoisotopic (exact) mass is 258 g/mol. The van der Waals surface area contributed by atoms with Crippen LogP contribution in [-0.4, -0.2) is 52.4 Å². The molecular weight excluding hydrogens is 236 g/mol. The molecule has 0 bridgehead atoms. The second kappa shape index (κ2) is 8.47. The summed E-state index contributed by atoms with van der Waals surface area (Å²) in [5.41, 5.74) is 0. The van der Waals surface area contributed by atoms with Crippen LogP contribution in [0.4, 0.5) is 0 Å². The van der Waals surface area contributed by atoms with Gasteiger partial charge in [0.1, 0.15) is 5.75 Å². The molecule has 0 amide bonds. The van der Waals surface area contributed by atoms with Crippen molar-refractivity contribution in [1.29, 1.82) is 0 Å². The molecule has 0 radical (unpaired) electrons. The molecule has 98 valence electrons. The number of rotatable bonds is 9. The zero-order valence-corrected chi connectivity index (χ0v) is 11.7. The summed E-state index contributed by atoms with van der Waals surface area (Å²) in [6, 6.07) is 2.10. The molecule has 0 spiro atoms. The van der Waals surface area contributed by atoms with Crippen LogP contribution in [0.1, 0.15) is 4.88 Å². The Morgan fingerprint density at radius 2 is 2.18 bits per heavy atom. The summed E-state index contributed by atoms with van der Waals surface area (Å²) in [6.45, 7) is 4.68.